The molecule has 0 aromatic heterocycles. The average molecular weight is 325 g/mol. The second-order valence-electron chi connectivity index (χ2n) is 5.97. The zero-order chi connectivity index (χ0) is 17.4. The van der Waals surface area contributed by atoms with Crippen LogP contribution in [-0.4, -0.2) is 18.5 Å². The maximum Gasteiger partial charge on any atom is 0.306 e. The number of hydrogen-bond donors (Lipinski definition) is 1. The maximum atomic E-state index is 11.8. The van der Waals surface area contributed by atoms with Crippen LogP contribution in [0, 0.1) is 0 Å². The molecule has 0 saturated heterocycles. The maximum absolute atomic E-state index is 11.8. The number of carbonyl (C=O) groups excluding carboxylic acids is 2. The number of rotatable bonds is 7. The largest absolute Gasteiger partial charge is 0.456 e. The molecule has 4 nitrogen and oxygen atoms in total. The van der Waals surface area contributed by atoms with Gasteiger partial charge in [-0.3, -0.25) is 9.59 Å². The van der Waals surface area contributed by atoms with Crippen molar-refractivity contribution in [3.05, 3.63) is 65.7 Å². The van der Waals surface area contributed by atoms with Crippen molar-refractivity contribution in [3.8, 4) is 0 Å². The van der Waals surface area contributed by atoms with Crippen LogP contribution in [0.1, 0.15) is 37.3 Å². The van der Waals surface area contributed by atoms with Crippen molar-refractivity contribution in [2.24, 2.45) is 0 Å². The molecule has 0 aliphatic carbocycles. The van der Waals surface area contributed by atoms with Gasteiger partial charge in [0, 0.05) is 12.1 Å². The van der Waals surface area contributed by atoms with Crippen LogP contribution in [0.15, 0.2) is 54.6 Å². The zero-order valence-electron chi connectivity index (χ0n) is 14.1. The Morgan fingerprint density at radius 1 is 1.00 bits per heavy atom. The Kier molecular flexibility index (Phi) is 6.55. The summed E-state index contributed by atoms with van der Waals surface area (Å²) >= 11 is 0. The number of carbonyl (C=O) groups is 2. The number of amides is 1. The van der Waals surface area contributed by atoms with Gasteiger partial charge in [0.15, 0.2) is 6.61 Å². The topological polar surface area (TPSA) is 55.4 Å². The van der Waals surface area contributed by atoms with E-state index in [1.165, 1.54) is 5.56 Å². The van der Waals surface area contributed by atoms with Gasteiger partial charge in [-0.15, -0.1) is 0 Å². The summed E-state index contributed by atoms with van der Waals surface area (Å²) in [5, 5.41) is 2.72. The minimum atomic E-state index is -0.371. The summed E-state index contributed by atoms with van der Waals surface area (Å²) in [4.78, 5) is 23.5. The normalized spacial score (nSPS) is 10.5. The summed E-state index contributed by atoms with van der Waals surface area (Å²) in [5.74, 6) is -0.259. The lowest BCUT2D eigenvalue weighted by Crippen LogP contribution is -2.21. The Morgan fingerprint density at radius 3 is 2.29 bits per heavy atom. The molecule has 0 fully saturated rings. The van der Waals surface area contributed by atoms with E-state index in [0.29, 0.717) is 18.0 Å². The minimum absolute atomic E-state index is 0.264. The number of ether oxygens (including phenoxy) is 1. The molecule has 0 aliphatic heterocycles. The third-order valence-electron chi connectivity index (χ3n) is 3.69. The smallest absolute Gasteiger partial charge is 0.306 e. The molecule has 0 radical (unpaired) electrons. The van der Waals surface area contributed by atoms with Crippen molar-refractivity contribution < 1.29 is 14.3 Å². The average Bonchev–Trinajstić information content (AvgIpc) is 2.59. The fourth-order valence-corrected chi connectivity index (χ4v) is 2.26. The standard InChI is InChI=1S/C20H23NO3/c1-15(2)17-9-11-18(12-10-17)21-19(22)14-24-20(23)13-8-16-6-4-3-5-7-16/h3-7,9-12,15H,8,13-14H2,1-2H3,(H,21,22). The molecular formula is C20H23NO3. The first-order valence-corrected chi connectivity index (χ1v) is 8.14. The van der Waals surface area contributed by atoms with E-state index in [4.69, 9.17) is 4.74 Å². The van der Waals surface area contributed by atoms with E-state index in [2.05, 4.69) is 19.2 Å². The molecule has 1 N–H and O–H groups in total. The van der Waals surface area contributed by atoms with Crippen LogP contribution in [0.5, 0.6) is 0 Å². The molecule has 1 amide bonds. The van der Waals surface area contributed by atoms with Crippen LogP contribution < -0.4 is 5.32 Å². The third-order valence-corrected chi connectivity index (χ3v) is 3.69. The predicted molar refractivity (Wildman–Crippen MR) is 94.9 cm³/mol. The fraction of sp³-hybridized carbons (Fsp3) is 0.300. The molecule has 0 atom stereocenters. The molecular weight excluding hydrogens is 302 g/mol. The molecule has 0 spiro atoms. The molecule has 126 valence electrons. The van der Waals surface area contributed by atoms with Crippen LogP contribution in [-0.2, 0) is 20.7 Å². The third kappa shape index (κ3) is 5.88. The Hall–Kier alpha value is -2.62. The first kappa shape index (κ1) is 17.7. The molecule has 2 aromatic carbocycles. The quantitative estimate of drug-likeness (QED) is 0.785. The number of anilines is 1. The lowest BCUT2D eigenvalue weighted by Gasteiger charge is -2.09. The summed E-state index contributed by atoms with van der Waals surface area (Å²) in [6.45, 7) is 3.96. The van der Waals surface area contributed by atoms with E-state index >= 15 is 0 Å². The fourth-order valence-electron chi connectivity index (χ4n) is 2.26. The first-order valence-electron chi connectivity index (χ1n) is 8.14. The van der Waals surface area contributed by atoms with Crippen molar-refractivity contribution in [1.82, 2.24) is 0 Å². The number of nitrogens with one attached hydrogen (secondary N) is 1. The molecule has 2 rings (SSSR count). The van der Waals surface area contributed by atoms with Crippen molar-refractivity contribution in [2.45, 2.75) is 32.6 Å². The van der Waals surface area contributed by atoms with Gasteiger partial charge in [0.05, 0.1) is 0 Å². The monoisotopic (exact) mass is 325 g/mol. The highest BCUT2D eigenvalue weighted by atomic mass is 16.5. The minimum Gasteiger partial charge on any atom is -0.456 e. The van der Waals surface area contributed by atoms with Gasteiger partial charge in [-0.2, -0.15) is 0 Å². The van der Waals surface area contributed by atoms with Gasteiger partial charge in [0.2, 0.25) is 0 Å². The first-order chi connectivity index (χ1) is 11.5. The van der Waals surface area contributed by atoms with Crippen LogP contribution in [0.2, 0.25) is 0 Å². The van der Waals surface area contributed by atoms with Gasteiger partial charge in [0.1, 0.15) is 0 Å². The zero-order valence-corrected chi connectivity index (χ0v) is 14.1. The van der Waals surface area contributed by atoms with Gasteiger partial charge in [-0.25, -0.2) is 0 Å². The van der Waals surface area contributed by atoms with Crippen molar-refractivity contribution in [1.29, 1.82) is 0 Å². The Bertz CT molecular complexity index is 663. The number of aryl methyl sites for hydroxylation is 1. The molecule has 0 bridgehead atoms. The van der Waals surface area contributed by atoms with Gasteiger partial charge < -0.3 is 10.1 Å². The highest BCUT2D eigenvalue weighted by Crippen LogP contribution is 2.17. The summed E-state index contributed by atoms with van der Waals surface area (Å²) < 4.78 is 5.01. The van der Waals surface area contributed by atoms with Crippen LogP contribution in [0.4, 0.5) is 5.69 Å². The second kappa shape index (κ2) is 8.87. The van der Waals surface area contributed by atoms with E-state index in [0.717, 1.165) is 5.56 Å². The van der Waals surface area contributed by atoms with Crippen molar-refractivity contribution in [2.75, 3.05) is 11.9 Å². The summed E-state index contributed by atoms with van der Waals surface area (Å²) in [6, 6.07) is 17.4. The van der Waals surface area contributed by atoms with Gasteiger partial charge in [-0.1, -0.05) is 56.3 Å². The Morgan fingerprint density at radius 2 is 1.67 bits per heavy atom. The summed E-state index contributed by atoms with van der Waals surface area (Å²) in [6.07, 6.45) is 0.873. The van der Waals surface area contributed by atoms with E-state index in [-0.39, 0.29) is 24.9 Å². The molecule has 2 aromatic rings. The molecule has 0 saturated carbocycles. The predicted octanol–water partition coefficient (Wildman–Crippen LogP) is 3.92. The summed E-state index contributed by atoms with van der Waals surface area (Å²) in [5.41, 5.74) is 2.98. The van der Waals surface area contributed by atoms with Crippen molar-refractivity contribution in [3.63, 3.8) is 0 Å². The highest BCUT2D eigenvalue weighted by molar-refractivity contribution is 5.92. The SMILES string of the molecule is CC(C)c1ccc(NC(=O)COC(=O)CCc2ccccc2)cc1. The van der Waals surface area contributed by atoms with E-state index in [9.17, 15) is 9.59 Å². The number of benzene rings is 2. The van der Waals surface area contributed by atoms with Crippen LogP contribution in [0.25, 0.3) is 0 Å². The number of esters is 1. The molecule has 4 heteroatoms. The van der Waals surface area contributed by atoms with Gasteiger partial charge in [-0.05, 0) is 35.6 Å². The molecule has 0 heterocycles. The molecule has 24 heavy (non-hydrogen) atoms. The van der Waals surface area contributed by atoms with E-state index in [1.54, 1.807) is 0 Å². The Labute approximate surface area is 142 Å². The molecule has 0 unspecified atom stereocenters. The van der Waals surface area contributed by atoms with Gasteiger partial charge >= 0.3 is 5.97 Å². The van der Waals surface area contributed by atoms with E-state index < -0.39 is 0 Å². The second-order valence-corrected chi connectivity index (χ2v) is 5.97. The lowest BCUT2D eigenvalue weighted by atomic mass is 10.0. The highest BCUT2D eigenvalue weighted by Gasteiger charge is 2.08. The molecule has 0 aliphatic rings. The van der Waals surface area contributed by atoms with Crippen LogP contribution in [0.3, 0.4) is 0 Å². The summed E-state index contributed by atoms with van der Waals surface area (Å²) in [7, 11) is 0. The lowest BCUT2D eigenvalue weighted by molar-refractivity contribution is -0.147. The van der Waals surface area contributed by atoms with Crippen molar-refractivity contribution >= 4 is 17.6 Å². The number of hydrogen-bond acceptors (Lipinski definition) is 3. The van der Waals surface area contributed by atoms with Gasteiger partial charge in [0.25, 0.3) is 5.91 Å². The Balaban J connectivity index is 1.71. The van der Waals surface area contributed by atoms with E-state index in [1.807, 2.05) is 54.6 Å². The van der Waals surface area contributed by atoms with Crippen LogP contribution >= 0.6 is 0 Å².